The third-order valence-corrected chi connectivity index (χ3v) is 5.06. The molecule has 146 valence electrons. The van der Waals surface area contributed by atoms with Crippen molar-refractivity contribution in [2.45, 2.75) is 19.3 Å². The van der Waals surface area contributed by atoms with E-state index in [1.165, 1.54) is 0 Å². The first-order valence-corrected chi connectivity index (χ1v) is 9.68. The molecule has 4 rings (SSSR count). The third kappa shape index (κ3) is 3.72. The average Bonchev–Trinajstić information content (AvgIpc) is 3.13. The normalized spacial score (nSPS) is 11.9. The van der Waals surface area contributed by atoms with Crippen molar-refractivity contribution in [3.8, 4) is 17.0 Å². The number of carbonyl (C=O) groups excluding carboxylic acids is 1. The second-order valence-electron chi connectivity index (χ2n) is 6.83. The number of anilines is 1. The van der Waals surface area contributed by atoms with Crippen molar-refractivity contribution in [2.24, 2.45) is 0 Å². The SMILES string of the molecule is CCC(C(=O)Nc1c(-c2ccc(OC)cc2)nc2ccccn12)c1ccccc1. The molecule has 2 aromatic heterocycles. The number of imidazole rings is 1. The highest BCUT2D eigenvalue weighted by Crippen LogP contribution is 2.31. The number of hydrogen-bond donors (Lipinski definition) is 1. The lowest BCUT2D eigenvalue weighted by Crippen LogP contribution is -2.21. The van der Waals surface area contributed by atoms with Gasteiger partial charge in [0.05, 0.1) is 13.0 Å². The maximum Gasteiger partial charge on any atom is 0.233 e. The van der Waals surface area contributed by atoms with E-state index < -0.39 is 0 Å². The van der Waals surface area contributed by atoms with Crippen LogP contribution in [0.25, 0.3) is 16.9 Å². The number of ether oxygens (including phenoxy) is 1. The van der Waals surface area contributed by atoms with E-state index in [0.29, 0.717) is 12.2 Å². The molecule has 5 nitrogen and oxygen atoms in total. The maximum atomic E-state index is 13.2. The average molecular weight is 385 g/mol. The summed E-state index contributed by atoms with van der Waals surface area (Å²) in [6, 6.07) is 23.3. The van der Waals surface area contributed by atoms with Gasteiger partial charge in [-0.2, -0.15) is 0 Å². The lowest BCUT2D eigenvalue weighted by Gasteiger charge is -2.16. The molecule has 5 heteroatoms. The van der Waals surface area contributed by atoms with Gasteiger partial charge in [-0.1, -0.05) is 43.3 Å². The van der Waals surface area contributed by atoms with Gasteiger partial charge in [0, 0.05) is 11.8 Å². The van der Waals surface area contributed by atoms with Gasteiger partial charge in [-0.3, -0.25) is 9.20 Å². The van der Waals surface area contributed by atoms with Crippen LogP contribution in [0.5, 0.6) is 5.75 Å². The van der Waals surface area contributed by atoms with E-state index in [4.69, 9.17) is 9.72 Å². The van der Waals surface area contributed by atoms with Crippen LogP contribution in [0.2, 0.25) is 0 Å². The predicted molar refractivity (Wildman–Crippen MR) is 115 cm³/mol. The first-order valence-electron chi connectivity index (χ1n) is 9.68. The monoisotopic (exact) mass is 385 g/mol. The summed E-state index contributed by atoms with van der Waals surface area (Å²) in [7, 11) is 1.64. The molecule has 0 saturated carbocycles. The summed E-state index contributed by atoms with van der Waals surface area (Å²) in [6.07, 6.45) is 2.62. The minimum Gasteiger partial charge on any atom is -0.497 e. The quantitative estimate of drug-likeness (QED) is 0.500. The molecule has 0 fully saturated rings. The van der Waals surface area contributed by atoms with Gasteiger partial charge in [0.15, 0.2) is 0 Å². The van der Waals surface area contributed by atoms with Crippen molar-refractivity contribution in [3.63, 3.8) is 0 Å². The molecule has 0 aliphatic rings. The lowest BCUT2D eigenvalue weighted by molar-refractivity contribution is -0.117. The van der Waals surface area contributed by atoms with E-state index >= 15 is 0 Å². The zero-order valence-electron chi connectivity index (χ0n) is 16.5. The van der Waals surface area contributed by atoms with Crippen LogP contribution in [0, 0.1) is 0 Å². The molecule has 4 aromatic rings. The van der Waals surface area contributed by atoms with Gasteiger partial charge in [-0.25, -0.2) is 4.98 Å². The van der Waals surface area contributed by atoms with Gasteiger partial charge in [0.25, 0.3) is 0 Å². The Labute approximate surface area is 170 Å². The molecule has 0 radical (unpaired) electrons. The second-order valence-corrected chi connectivity index (χ2v) is 6.83. The van der Waals surface area contributed by atoms with Gasteiger partial charge >= 0.3 is 0 Å². The topological polar surface area (TPSA) is 55.6 Å². The Morgan fingerprint density at radius 3 is 2.45 bits per heavy atom. The molecule has 0 bridgehead atoms. The molecular formula is C24H23N3O2. The van der Waals surface area contributed by atoms with Gasteiger partial charge in [-0.15, -0.1) is 0 Å². The number of benzene rings is 2. The summed E-state index contributed by atoms with van der Waals surface area (Å²) in [5, 5.41) is 3.14. The smallest absolute Gasteiger partial charge is 0.233 e. The fourth-order valence-electron chi connectivity index (χ4n) is 3.53. The Balaban J connectivity index is 1.74. The van der Waals surface area contributed by atoms with Crippen LogP contribution in [0.15, 0.2) is 79.0 Å². The van der Waals surface area contributed by atoms with Gasteiger partial charge < -0.3 is 10.1 Å². The Morgan fingerprint density at radius 2 is 1.76 bits per heavy atom. The van der Waals surface area contributed by atoms with Gasteiger partial charge in [0.1, 0.15) is 22.9 Å². The number of nitrogens with zero attached hydrogens (tertiary/aromatic N) is 2. The summed E-state index contributed by atoms with van der Waals surface area (Å²) < 4.78 is 7.17. The molecule has 0 aliphatic carbocycles. The van der Waals surface area contributed by atoms with E-state index in [1.807, 2.05) is 90.3 Å². The van der Waals surface area contributed by atoms with Crippen LogP contribution >= 0.6 is 0 Å². The fourth-order valence-corrected chi connectivity index (χ4v) is 3.53. The van der Waals surface area contributed by atoms with Crippen molar-refractivity contribution in [3.05, 3.63) is 84.6 Å². The van der Waals surface area contributed by atoms with E-state index in [-0.39, 0.29) is 11.8 Å². The van der Waals surface area contributed by atoms with Crippen LogP contribution in [0.3, 0.4) is 0 Å². The molecule has 1 amide bonds. The molecule has 0 saturated heterocycles. The number of amides is 1. The summed E-state index contributed by atoms with van der Waals surface area (Å²) in [6.45, 7) is 2.02. The molecule has 2 aromatic carbocycles. The highest BCUT2D eigenvalue weighted by Gasteiger charge is 2.22. The Morgan fingerprint density at radius 1 is 1.03 bits per heavy atom. The minimum absolute atomic E-state index is 0.0425. The molecular weight excluding hydrogens is 362 g/mol. The van der Waals surface area contributed by atoms with Crippen molar-refractivity contribution in [1.82, 2.24) is 9.38 Å². The maximum absolute atomic E-state index is 13.2. The number of hydrogen-bond acceptors (Lipinski definition) is 3. The molecule has 2 heterocycles. The van der Waals surface area contributed by atoms with Crippen molar-refractivity contribution in [2.75, 3.05) is 12.4 Å². The van der Waals surface area contributed by atoms with Crippen molar-refractivity contribution >= 4 is 17.4 Å². The molecule has 1 N–H and O–H groups in total. The van der Waals surface area contributed by atoms with Gasteiger partial charge in [-0.05, 0) is 48.4 Å². The fraction of sp³-hybridized carbons (Fsp3) is 0.167. The standard InChI is InChI=1S/C24H23N3O2/c1-3-20(17-9-5-4-6-10-17)24(28)26-23-22(18-12-14-19(29-2)15-13-18)25-21-11-7-8-16-27(21)23/h4-16,20H,3H2,1-2H3,(H,26,28). The first-order chi connectivity index (χ1) is 14.2. The summed E-state index contributed by atoms with van der Waals surface area (Å²) in [4.78, 5) is 18.0. The number of rotatable bonds is 6. The molecule has 1 atom stereocenters. The summed E-state index contributed by atoms with van der Waals surface area (Å²) in [5.74, 6) is 1.18. The summed E-state index contributed by atoms with van der Waals surface area (Å²) in [5.41, 5.74) is 3.43. The number of pyridine rings is 1. The van der Waals surface area contributed by atoms with Crippen LogP contribution in [-0.4, -0.2) is 22.4 Å². The number of fused-ring (bicyclic) bond motifs is 1. The van der Waals surface area contributed by atoms with Crippen molar-refractivity contribution in [1.29, 1.82) is 0 Å². The predicted octanol–water partition coefficient (Wildman–Crippen LogP) is 5.14. The van der Waals surface area contributed by atoms with Crippen molar-refractivity contribution < 1.29 is 9.53 Å². The zero-order chi connectivity index (χ0) is 20.2. The largest absolute Gasteiger partial charge is 0.497 e. The lowest BCUT2D eigenvalue weighted by atomic mass is 9.95. The Hall–Kier alpha value is -3.60. The molecule has 29 heavy (non-hydrogen) atoms. The van der Waals surface area contributed by atoms with E-state index in [1.54, 1.807) is 7.11 Å². The highest BCUT2D eigenvalue weighted by molar-refractivity contribution is 5.98. The van der Waals surface area contributed by atoms with E-state index in [2.05, 4.69) is 5.32 Å². The number of methoxy groups -OCH3 is 1. The molecule has 0 aliphatic heterocycles. The third-order valence-electron chi connectivity index (χ3n) is 5.06. The summed E-state index contributed by atoms with van der Waals surface area (Å²) >= 11 is 0. The first kappa shape index (κ1) is 18.7. The van der Waals surface area contributed by atoms with Gasteiger partial charge in [0.2, 0.25) is 5.91 Å². The van der Waals surface area contributed by atoms with Crippen LogP contribution in [0.4, 0.5) is 5.82 Å². The van der Waals surface area contributed by atoms with Crippen LogP contribution < -0.4 is 10.1 Å². The molecule has 1 unspecified atom stereocenters. The minimum atomic E-state index is -0.228. The zero-order valence-corrected chi connectivity index (χ0v) is 16.5. The Bertz CT molecular complexity index is 1120. The number of aromatic nitrogens is 2. The number of nitrogens with one attached hydrogen (secondary N) is 1. The van der Waals surface area contributed by atoms with Crippen LogP contribution in [0.1, 0.15) is 24.8 Å². The Kier molecular flexibility index (Phi) is 5.29. The van der Waals surface area contributed by atoms with E-state index in [0.717, 1.165) is 28.2 Å². The molecule has 0 spiro atoms. The van der Waals surface area contributed by atoms with E-state index in [9.17, 15) is 4.79 Å². The second kappa shape index (κ2) is 8.19. The van der Waals surface area contributed by atoms with Crippen LogP contribution in [-0.2, 0) is 4.79 Å². The number of carbonyl (C=O) groups is 1. The highest BCUT2D eigenvalue weighted by atomic mass is 16.5.